The van der Waals surface area contributed by atoms with Gasteiger partial charge in [-0.3, -0.25) is 9.89 Å². The summed E-state index contributed by atoms with van der Waals surface area (Å²) in [5.41, 5.74) is 1.07. The Morgan fingerprint density at radius 1 is 1.07 bits per heavy atom. The number of rotatable bonds is 9. The third-order valence-electron chi connectivity index (χ3n) is 5.21. The Balaban J connectivity index is 0.00000420. The summed E-state index contributed by atoms with van der Waals surface area (Å²) < 4.78 is 10.7. The zero-order valence-electron chi connectivity index (χ0n) is 18.5. The molecule has 29 heavy (non-hydrogen) atoms. The molecular weight excluding hydrogens is 481 g/mol. The Morgan fingerprint density at radius 3 is 2.28 bits per heavy atom. The fraction of sp³-hybridized carbons (Fsp3) is 0.667. The first-order chi connectivity index (χ1) is 13.5. The lowest BCUT2D eigenvalue weighted by atomic mass is 10.1. The molecule has 1 saturated heterocycles. The molecule has 0 bridgehead atoms. The molecule has 0 atom stereocenters. The van der Waals surface area contributed by atoms with Crippen LogP contribution in [0.25, 0.3) is 0 Å². The molecule has 2 N–H and O–H groups in total. The van der Waals surface area contributed by atoms with Crippen LogP contribution in [0.2, 0.25) is 0 Å². The van der Waals surface area contributed by atoms with Crippen LogP contribution in [-0.4, -0.2) is 83.5 Å². The third kappa shape index (κ3) is 8.96. The van der Waals surface area contributed by atoms with E-state index in [0.29, 0.717) is 0 Å². The normalized spacial score (nSPS) is 15.6. The van der Waals surface area contributed by atoms with Crippen molar-refractivity contribution in [1.29, 1.82) is 0 Å². The van der Waals surface area contributed by atoms with Crippen LogP contribution < -0.4 is 20.3 Å². The van der Waals surface area contributed by atoms with E-state index in [1.54, 1.807) is 21.3 Å². The first-order valence-electron chi connectivity index (χ1n) is 10.1. The molecule has 1 aliphatic heterocycles. The van der Waals surface area contributed by atoms with Crippen molar-refractivity contribution >= 4 is 35.6 Å². The van der Waals surface area contributed by atoms with E-state index in [1.807, 2.05) is 12.1 Å². The van der Waals surface area contributed by atoms with Crippen LogP contribution in [-0.2, 0) is 4.74 Å². The molecule has 0 saturated carbocycles. The molecular formula is C21H38IN5O2. The predicted octanol–water partition coefficient (Wildman–Crippen LogP) is 2.42. The molecule has 1 aliphatic rings. The van der Waals surface area contributed by atoms with Gasteiger partial charge < -0.3 is 25.0 Å². The van der Waals surface area contributed by atoms with Gasteiger partial charge in [0.2, 0.25) is 0 Å². The van der Waals surface area contributed by atoms with Gasteiger partial charge in [0.1, 0.15) is 5.75 Å². The summed E-state index contributed by atoms with van der Waals surface area (Å²) >= 11 is 0. The second kappa shape index (κ2) is 13.1. The van der Waals surface area contributed by atoms with E-state index in [2.05, 4.69) is 51.4 Å². The Labute approximate surface area is 193 Å². The van der Waals surface area contributed by atoms with E-state index in [1.165, 1.54) is 5.69 Å². The number of aliphatic imine (C=N–C) groups is 1. The Hall–Kier alpha value is -1.26. The Kier molecular flexibility index (Phi) is 11.7. The summed E-state index contributed by atoms with van der Waals surface area (Å²) in [6.07, 6.45) is 1.09. The third-order valence-corrected chi connectivity index (χ3v) is 5.21. The lowest BCUT2D eigenvalue weighted by Crippen LogP contribution is -2.48. The molecule has 7 nitrogen and oxygen atoms in total. The van der Waals surface area contributed by atoms with Gasteiger partial charge in [0.05, 0.1) is 12.7 Å². The van der Waals surface area contributed by atoms with Crippen LogP contribution >= 0.6 is 24.0 Å². The van der Waals surface area contributed by atoms with Gasteiger partial charge in [-0.05, 0) is 51.1 Å². The van der Waals surface area contributed by atoms with Gasteiger partial charge >= 0.3 is 0 Å². The van der Waals surface area contributed by atoms with E-state index in [9.17, 15) is 0 Å². The standard InChI is InChI=1S/C21H37N5O2.HI/c1-21(2,28-5)17-24-20(22-3)23-11-6-12-25-13-15-26(16-14-25)18-7-9-19(27-4)10-8-18;/h7-10H,6,11-17H2,1-5H3,(H2,22,23,24);1H. The number of piperazine rings is 1. The number of nitrogens with zero attached hydrogens (tertiary/aromatic N) is 3. The quantitative estimate of drug-likeness (QED) is 0.226. The molecule has 0 spiro atoms. The topological polar surface area (TPSA) is 61.4 Å². The van der Waals surface area contributed by atoms with Crippen molar-refractivity contribution in [3.05, 3.63) is 24.3 Å². The summed E-state index contributed by atoms with van der Waals surface area (Å²) in [7, 11) is 5.23. The molecule has 0 aliphatic carbocycles. The minimum Gasteiger partial charge on any atom is -0.497 e. The first kappa shape index (κ1) is 25.8. The van der Waals surface area contributed by atoms with Gasteiger partial charge in [-0.1, -0.05) is 0 Å². The summed E-state index contributed by atoms with van der Waals surface area (Å²) in [5.74, 6) is 1.74. The van der Waals surface area contributed by atoms with Crippen LogP contribution in [0.15, 0.2) is 29.3 Å². The molecule has 0 aromatic heterocycles. The molecule has 0 amide bonds. The average Bonchev–Trinajstić information content (AvgIpc) is 2.73. The van der Waals surface area contributed by atoms with Gasteiger partial charge in [-0.25, -0.2) is 0 Å². The number of ether oxygens (including phenoxy) is 2. The Morgan fingerprint density at radius 2 is 1.72 bits per heavy atom. The van der Waals surface area contributed by atoms with Crippen molar-refractivity contribution < 1.29 is 9.47 Å². The Bertz CT molecular complexity index is 602. The molecule has 0 radical (unpaired) electrons. The maximum atomic E-state index is 5.43. The molecule has 1 fully saturated rings. The monoisotopic (exact) mass is 519 g/mol. The highest BCUT2D eigenvalue weighted by Crippen LogP contribution is 2.20. The fourth-order valence-electron chi connectivity index (χ4n) is 3.12. The van der Waals surface area contributed by atoms with Crippen molar-refractivity contribution in [3.8, 4) is 5.75 Å². The first-order valence-corrected chi connectivity index (χ1v) is 10.1. The number of anilines is 1. The molecule has 1 aromatic carbocycles. The maximum absolute atomic E-state index is 5.43. The number of guanidine groups is 1. The molecule has 166 valence electrons. The number of nitrogens with one attached hydrogen (secondary N) is 2. The summed E-state index contributed by atoms with van der Waals surface area (Å²) in [5, 5.41) is 6.70. The number of methoxy groups -OCH3 is 2. The number of halogens is 1. The highest BCUT2D eigenvalue weighted by molar-refractivity contribution is 14.0. The van der Waals surface area contributed by atoms with Crippen molar-refractivity contribution in [2.75, 3.05) is 72.0 Å². The van der Waals surface area contributed by atoms with Crippen molar-refractivity contribution in [3.63, 3.8) is 0 Å². The molecule has 0 unspecified atom stereocenters. The number of benzene rings is 1. The summed E-state index contributed by atoms with van der Waals surface area (Å²) in [6, 6.07) is 8.34. The second-order valence-corrected chi connectivity index (χ2v) is 7.70. The van der Waals surface area contributed by atoms with Gasteiger partial charge in [0, 0.05) is 59.1 Å². The van der Waals surface area contributed by atoms with E-state index in [0.717, 1.165) is 63.9 Å². The number of hydrogen-bond acceptors (Lipinski definition) is 5. The minimum atomic E-state index is -0.207. The molecule has 8 heteroatoms. The summed E-state index contributed by atoms with van der Waals surface area (Å²) in [6.45, 7) is 11.2. The van der Waals surface area contributed by atoms with E-state index < -0.39 is 0 Å². The lowest BCUT2D eigenvalue weighted by Gasteiger charge is -2.36. The van der Waals surface area contributed by atoms with Crippen molar-refractivity contribution in [1.82, 2.24) is 15.5 Å². The second-order valence-electron chi connectivity index (χ2n) is 7.70. The molecule has 2 rings (SSSR count). The largest absolute Gasteiger partial charge is 0.497 e. The fourth-order valence-corrected chi connectivity index (χ4v) is 3.12. The van der Waals surface area contributed by atoms with Crippen LogP contribution in [0.3, 0.4) is 0 Å². The van der Waals surface area contributed by atoms with E-state index in [-0.39, 0.29) is 29.6 Å². The van der Waals surface area contributed by atoms with Crippen LogP contribution in [0.5, 0.6) is 5.75 Å². The van der Waals surface area contributed by atoms with E-state index in [4.69, 9.17) is 9.47 Å². The zero-order chi connectivity index (χ0) is 20.4. The predicted molar refractivity (Wildman–Crippen MR) is 132 cm³/mol. The van der Waals surface area contributed by atoms with Crippen LogP contribution in [0.1, 0.15) is 20.3 Å². The zero-order valence-corrected chi connectivity index (χ0v) is 20.9. The van der Waals surface area contributed by atoms with Gasteiger partial charge in [0.15, 0.2) is 5.96 Å². The smallest absolute Gasteiger partial charge is 0.191 e. The lowest BCUT2D eigenvalue weighted by molar-refractivity contribution is 0.0268. The molecule has 1 aromatic rings. The SMILES string of the molecule is CN=C(NCCCN1CCN(c2ccc(OC)cc2)CC1)NCC(C)(C)OC.I. The van der Waals surface area contributed by atoms with E-state index >= 15 is 0 Å². The van der Waals surface area contributed by atoms with Crippen LogP contribution in [0.4, 0.5) is 5.69 Å². The maximum Gasteiger partial charge on any atom is 0.191 e. The van der Waals surface area contributed by atoms with Crippen molar-refractivity contribution in [2.24, 2.45) is 4.99 Å². The average molecular weight is 519 g/mol. The van der Waals surface area contributed by atoms with Gasteiger partial charge in [-0.2, -0.15) is 0 Å². The summed E-state index contributed by atoms with van der Waals surface area (Å²) in [4.78, 5) is 9.25. The van der Waals surface area contributed by atoms with Crippen molar-refractivity contribution in [2.45, 2.75) is 25.9 Å². The van der Waals surface area contributed by atoms with Gasteiger partial charge in [-0.15, -0.1) is 24.0 Å². The van der Waals surface area contributed by atoms with Crippen LogP contribution in [0, 0.1) is 0 Å². The highest BCUT2D eigenvalue weighted by Gasteiger charge is 2.18. The minimum absolute atomic E-state index is 0. The highest BCUT2D eigenvalue weighted by atomic mass is 127. The van der Waals surface area contributed by atoms with Gasteiger partial charge in [0.25, 0.3) is 0 Å². The number of hydrogen-bond donors (Lipinski definition) is 2. The molecule has 1 heterocycles.